The summed E-state index contributed by atoms with van der Waals surface area (Å²) in [7, 11) is 0. The van der Waals surface area contributed by atoms with Gasteiger partial charge in [0.25, 0.3) is 5.92 Å². The number of nitrogens with zero attached hydrogens (tertiary/aromatic N) is 1. The first-order valence-electron chi connectivity index (χ1n) is 7.18. The van der Waals surface area contributed by atoms with Crippen LogP contribution in [0.25, 0.3) is 0 Å². The summed E-state index contributed by atoms with van der Waals surface area (Å²) in [5, 5.41) is 5.19. The topological polar surface area (TPSA) is 63.2 Å². The zero-order valence-corrected chi connectivity index (χ0v) is 11.9. The van der Waals surface area contributed by atoms with Crippen LogP contribution in [0.15, 0.2) is 18.3 Å². The number of amides is 2. The molecule has 2 saturated carbocycles. The van der Waals surface area contributed by atoms with Crippen molar-refractivity contribution in [2.45, 2.75) is 38.0 Å². The van der Waals surface area contributed by atoms with Gasteiger partial charge in [-0.2, -0.15) is 8.78 Å². The van der Waals surface area contributed by atoms with Gasteiger partial charge in [-0.25, -0.2) is 18.6 Å². The minimum Gasteiger partial charge on any atom is -0.417 e. The van der Waals surface area contributed by atoms with Crippen molar-refractivity contribution in [2.24, 2.45) is 11.8 Å². The molecule has 126 valence electrons. The molecule has 0 spiro atoms. The lowest BCUT2D eigenvalue weighted by atomic mass is 10.1. The van der Waals surface area contributed by atoms with Gasteiger partial charge >= 0.3 is 12.6 Å². The number of urea groups is 1. The van der Waals surface area contributed by atoms with E-state index in [-0.39, 0.29) is 31.3 Å². The van der Waals surface area contributed by atoms with Gasteiger partial charge in [-0.1, -0.05) is 0 Å². The third kappa shape index (κ3) is 3.48. The van der Waals surface area contributed by atoms with E-state index in [1.165, 1.54) is 12.3 Å². The number of nitrogens with one attached hydrogen (secondary N) is 2. The molecule has 0 radical (unpaired) electrons. The minimum atomic E-state index is -2.97. The van der Waals surface area contributed by atoms with E-state index in [0.717, 1.165) is 0 Å². The summed E-state index contributed by atoms with van der Waals surface area (Å²) in [4.78, 5) is 15.4. The molecular formula is C14H15F4N3O2. The quantitative estimate of drug-likeness (QED) is 0.814. The van der Waals surface area contributed by atoms with Crippen molar-refractivity contribution in [1.82, 2.24) is 15.6 Å². The van der Waals surface area contributed by atoms with E-state index in [4.69, 9.17) is 0 Å². The fourth-order valence-electron chi connectivity index (χ4n) is 3.07. The summed E-state index contributed by atoms with van der Waals surface area (Å²) in [6.07, 6.45) is 1.86. The van der Waals surface area contributed by atoms with Gasteiger partial charge in [0, 0.05) is 36.7 Å². The van der Waals surface area contributed by atoms with E-state index in [0.29, 0.717) is 5.56 Å². The maximum absolute atomic E-state index is 13.1. The first-order valence-corrected chi connectivity index (χ1v) is 7.18. The maximum Gasteiger partial charge on any atom is 0.388 e. The summed E-state index contributed by atoms with van der Waals surface area (Å²) in [6.45, 7) is -2.88. The lowest BCUT2D eigenvalue weighted by molar-refractivity contribution is -0.0529. The van der Waals surface area contributed by atoms with E-state index in [1.54, 1.807) is 6.07 Å². The predicted octanol–water partition coefficient (Wildman–Crippen LogP) is 2.53. The summed E-state index contributed by atoms with van der Waals surface area (Å²) in [6, 6.07) is 2.11. The van der Waals surface area contributed by atoms with Crippen LogP contribution in [0.2, 0.25) is 0 Å². The van der Waals surface area contributed by atoms with Crippen LogP contribution in [0.5, 0.6) is 5.88 Å². The number of halogens is 4. The van der Waals surface area contributed by atoms with Crippen LogP contribution in [0.1, 0.15) is 18.4 Å². The Morgan fingerprint density at radius 1 is 1.39 bits per heavy atom. The molecule has 0 saturated heterocycles. The molecule has 23 heavy (non-hydrogen) atoms. The average Bonchev–Trinajstić information content (AvgIpc) is 2.84. The highest BCUT2D eigenvalue weighted by Crippen LogP contribution is 2.63. The zero-order chi connectivity index (χ0) is 16.6. The van der Waals surface area contributed by atoms with Crippen LogP contribution in [0.4, 0.5) is 22.4 Å². The van der Waals surface area contributed by atoms with Gasteiger partial charge < -0.3 is 15.4 Å². The molecule has 2 amide bonds. The summed E-state index contributed by atoms with van der Waals surface area (Å²) < 4.78 is 54.4. The number of aromatic nitrogens is 1. The first kappa shape index (κ1) is 15.8. The van der Waals surface area contributed by atoms with Gasteiger partial charge in [0.1, 0.15) is 0 Å². The molecule has 5 nitrogen and oxygen atoms in total. The molecule has 2 aliphatic carbocycles. The molecule has 0 bridgehead atoms. The number of ether oxygens (including phenoxy) is 1. The fraction of sp³-hybridized carbons (Fsp3) is 0.571. The van der Waals surface area contributed by atoms with Crippen molar-refractivity contribution in [3.63, 3.8) is 0 Å². The molecule has 3 rings (SSSR count). The van der Waals surface area contributed by atoms with Crippen molar-refractivity contribution in [1.29, 1.82) is 0 Å². The smallest absolute Gasteiger partial charge is 0.388 e. The Balaban J connectivity index is 1.43. The molecule has 9 heteroatoms. The van der Waals surface area contributed by atoms with Crippen LogP contribution < -0.4 is 15.4 Å². The van der Waals surface area contributed by atoms with E-state index < -0.39 is 30.4 Å². The molecule has 2 aliphatic rings. The molecule has 1 aromatic heterocycles. The van der Waals surface area contributed by atoms with Crippen molar-refractivity contribution in [2.75, 3.05) is 0 Å². The SMILES string of the molecule is O=C(NCc1ccnc(OC(F)F)c1)N[C@@H]1CC2[C@@H](C1)C2(F)F. The number of alkyl halides is 4. The fourth-order valence-corrected chi connectivity index (χ4v) is 3.07. The highest BCUT2D eigenvalue weighted by molar-refractivity contribution is 5.74. The lowest BCUT2D eigenvalue weighted by Crippen LogP contribution is -2.41. The maximum atomic E-state index is 13.1. The monoisotopic (exact) mass is 333 g/mol. The van der Waals surface area contributed by atoms with E-state index in [9.17, 15) is 22.4 Å². The largest absolute Gasteiger partial charge is 0.417 e. The second-order valence-electron chi connectivity index (χ2n) is 5.76. The second kappa shape index (κ2) is 5.86. The van der Waals surface area contributed by atoms with Crippen molar-refractivity contribution in [3.05, 3.63) is 23.9 Å². The number of fused-ring (bicyclic) bond motifs is 1. The number of pyridine rings is 1. The third-order valence-electron chi connectivity index (χ3n) is 4.24. The first-order chi connectivity index (χ1) is 10.9. The molecule has 3 atom stereocenters. The van der Waals surface area contributed by atoms with Gasteiger partial charge in [-0.05, 0) is 24.5 Å². The Kier molecular flexibility index (Phi) is 4.03. The molecule has 0 aromatic carbocycles. The number of hydrogen-bond donors (Lipinski definition) is 2. The van der Waals surface area contributed by atoms with Crippen LogP contribution in [-0.4, -0.2) is 29.6 Å². The molecule has 2 fully saturated rings. The van der Waals surface area contributed by atoms with Crippen molar-refractivity contribution in [3.8, 4) is 5.88 Å². The van der Waals surface area contributed by atoms with Crippen LogP contribution in [-0.2, 0) is 6.54 Å². The van der Waals surface area contributed by atoms with E-state index in [2.05, 4.69) is 20.4 Å². The van der Waals surface area contributed by atoms with Gasteiger partial charge in [0.15, 0.2) is 0 Å². The molecule has 2 N–H and O–H groups in total. The normalized spacial score (nSPS) is 27.4. The number of carbonyl (C=O) groups excluding carboxylic acids is 1. The molecule has 1 unspecified atom stereocenters. The molecule has 0 aliphatic heterocycles. The molecule has 1 aromatic rings. The third-order valence-corrected chi connectivity index (χ3v) is 4.24. The highest BCUT2D eigenvalue weighted by atomic mass is 19.3. The zero-order valence-electron chi connectivity index (χ0n) is 11.9. The summed E-state index contributed by atoms with van der Waals surface area (Å²) in [5.41, 5.74) is 0.534. The Labute approximate surface area is 129 Å². The second-order valence-corrected chi connectivity index (χ2v) is 5.76. The van der Waals surface area contributed by atoms with E-state index >= 15 is 0 Å². The van der Waals surface area contributed by atoms with Crippen molar-refractivity contribution < 1.29 is 27.1 Å². The Morgan fingerprint density at radius 3 is 2.74 bits per heavy atom. The van der Waals surface area contributed by atoms with Crippen LogP contribution >= 0.6 is 0 Å². The van der Waals surface area contributed by atoms with E-state index in [1.807, 2.05) is 0 Å². The Morgan fingerprint density at radius 2 is 2.09 bits per heavy atom. The standard InChI is InChI=1S/C14H15F4N3O2/c15-12(16)23-11-3-7(1-2-19-11)6-20-13(22)21-8-4-9-10(5-8)14(9,17)18/h1-3,8-10,12H,4-6H2,(H2,20,21,22)/t8-,9+,10?/m0/s1. The minimum absolute atomic E-state index is 0.0870. The Bertz CT molecular complexity index is 585. The number of hydrogen-bond acceptors (Lipinski definition) is 3. The van der Waals surface area contributed by atoms with Crippen LogP contribution in [0.3, 0.4) is 0 Å². The van der Waals surface area contributed by atoms with Gasteiger partial charge in [0.05, 0.1) is 0 Å². The summed E-state index contributed by atoms with van der Waals surface area (Å²) in [5.74, 6) is -4.02. The van der Waals surface area contributed by atoms with Gasteiger partial charge in [-0.15, -0.1) is 0 Å². The molecular weight excluding hydrogens is 318 g/mol. The summed E-state index contributed by atoms with van der Waals surface area (Å²) >= 11 is 0. The highest BCUT2D eigenvalue weighted by Gasteiger charge is 2.71. The number of carbonyl (C=O) groups is 1. The molecule has 1 heterocycles. The average molecular weight is 333 g/mol. The van der Waals surface area contributed by atoms with Gasteiger partial charge in [-0.3, -0.25) is 0 Å². The van der Waals surface area contributed by atoms with Crippen molar-refractivity contribution >= 4 is 6.03 Å². The Hall–Kier alpha value is -2.06. The van der Waals surface area contributed by atoms with Crippen LogP contribution in [0, 0.1) is 11.8 Å². The predicted molar refractivity (Wildman–Crippen MR) is 71.2 cm³/mol. The van der Waals surface area contributed by atoms with Gasteiger partial charge in [0.2, 0.25) is 5.88 Å². The number of rotatable bonds is 5. The lowest BCUT2D eigenvalue weighted by Gasteiger charge is -2.16.